The fourth-order valence-corrected chi connectivity index (χ4v) is 2.41. The van der Waals surface area contributed by atoms with Gasteiger partial charge in [0.05, 0.1) is 12.5 Å². The summed E-state index contributed by atoms with van der Waals surface area (Å²) in [5.41, 5.74) is 5.20. The minimum absolute atomic E-state index is 0.0642. The van der Waals surface area contributed by atoms with Gasteiger partial charge in [0.25, 0.3) is 5.56 Å². The van der Waals surface area contributed by atoms with Crippen LogP contribution in [0.1, 0.15) is 19.6 Å². The molecule has 2 unspecified atom stereocenters. The Morgan fingerprint density at radius 2 is 2.23 bits per heavy atom. The van der Waals surface area contributed by atoms with Gasteiger partial charge in [0, 0.05) is 6.42 Å². The molecule has 2 aromatic rings. The van der Waals surface area contributed by atoms with Crippen molar-refractivity contribution >= 4 is 24.7 Å². The molecule has 0 aliphatic rings. The Balaban J connectivity index is 2.15. The summed E-state index contributed by atoms with van der Waals surface area (Å²) in [4.78, 5) is 39.3. The molecule has 0 fully saturated rings. The third-order valence-corrected chi connectivity index (χ3v) is 3.70. The van der Waals surface area contributed by atoms with Crippen LogP contribution < -0.4 is 11.3 Å². The van der Waals surface area contributed by atoms with Gasteiger partial charge in [0.15, 0.2) is 17.5 Å². The first-order valence-electron chi connectivity index (χ1n) is 6.28. The van der Waals surface area contributed by atoms with E-state index in [9.17, 15) is 14.5 Å². The number of H-pyrrole nitrogens is 1. The van der Waals surface area contributed by atoms with Gasteiger partial charge in [0.2, 0.25) is 5.95 Å². The minimum Gasteiger partial charge on any atom is -0.369 e. The van der Waals surface area contributed by atoms with E-state index < -0.39 is 31.8 Å². The van der Waals surface area contributed by atoms with E-state index in [1.807, 2.05) is 0 Å². The van der Waals surface area contributed by atoms with Crippen LogP contribution in [0.5, 0.6) is 0 Å². The van der Waals surface area contributed by atoms with Crippen molar-refractivity contribution < 1.29 is 24.2 Å². The van der Waals surface area contributed by atoms with Gasteiger partial charge in [-0.1, -0.05) is 0 Å². The Bertz CT molecular complexity index is 767. The van der Waals surface area contributed by atoms with Crippen molar-refractivity contribution in [2.24, 2.45) is 0 Å². The number of aromatic amines is 1. The molecule has 0 aromatic carbocycles. The van der Waals surface area contributed by atoms with Gasteiger partial charge in [-0.3, -0.25) is 18.9 Å². The molecular weight excluding hydrogens is 317 g/mol. The molecule has 2 heterocycles. The highest BCUT2D eigenvalue weighted by Crippen LogP contribution is 2.35. The van der Waals surface area contributed by atoms with Crippen molar-refractivity contribution in [3.8, 4) is 0 Å². The lowest BCUT2D eigenvalue weighted by Crippen LogP contribution is -2.20. The monoisotopic (exact) mass is 333 g/mol. The smallest absolute Gasteiger partial charge is 0.325 e. The molecule has 2 rings (SSSR count). The topological polar surface area (TPSA) is 177 Å². The van der Waals surface area contributed by atoms with Gasteiger partial charge >= 0.3 is 7.60 Å². The van der Waals surface area contributed by atoms with Crippen LogP contribution in [-0.4, -0.2) is 46.9 Å². The molecule has 12 heteroatoms. The van der Waals surface area contributed by atoms with Crippen molar-refractivity contribution in [2.45, 2.75) is 25.9 Å². The molecule has 0 aliphatic heterocycles. The Hall–Kier alpha value is -1.78. The van der Waals surface area contributed by atoms with Gasteiger partial charge in [-0.25, -0.2) is 4.98 Å². The van der Waals surface area contributed by atoms with E-state index in [-0.39, 0.29) is 23.5 Å². The number of hydrogen-bond acceptors (Lipinski definition) is 7. The number of ether oxygens (including phenoxy) is 1. The highest BCUT2D eigenvalue weighted by molar-refractivity contribution is 7.51. The maximum atomic E-state index is 11.6. The zero-order valence-electron chi connectivity index (χ0n) is 11.6. The lowest BCUT2D eigenvalue weighted by Gasteiger charge is -2.19. The number of nitrogen functional groups attached to an aromatic ring is 1. The zero-order valence-corrected chi connectivity index (χ0v) is 12.5. The van der Waals surface area contributed by atoms with E-state index >= 15 is 0 Å². The predicted octanol–water partition coefficient (Wildman–Crippen LogP) is -0.877. The molecule has 22 heavy (non-hydrogen) atoms. The first-order chi connectivity index (χ1) is 10.2. The predicted molar refractivity (Wildman–Crippen MR) is 75.9 cm³/mol. The number of aliphatic hydroxyl groups excluding tert-OH is 1. The van der Waals surface area contributed by atoms with Gasteiger partial charge < -0.3 is 25.4 Å². The standard InChI is InChI=1S/C10H16N5O6P/c1-5(21-6(16)2-3-22(18,19)20)15-4-12-7-8(15)13-10(11)14-9(7)17/h4-6,16H,2-3H2,1H3,(H2,18,19,20)(H3,11,13,14,17). The van der Waals surface area contributed by atoms with E-state index in [0.717, 1.165) is 0 Å². The fraction of sp³-hybridized carbons (Fsp3) is 0.500. The number of aromatic nitrogens is 4. The molecule has 0 radical (unpaired) electrons. The van der Waals surface area contributed by atoms with Crippen molar-refractivity contribution in [3.05, 3.63) is 16.7 Å². The van der Waals surface area contributed by atoms with Crippen LogP contribution in [0.2, 0.25) is 0 Å². The second-order valence-corrected chi connectivity index (χ2v) is 6.42. The Kier molecular flexibility index (Phi) is 4.63. The highest BCUT2D eigenvalue weighted by atomic mass is 31.2. The lowest BCUT2D eigenvalue weighted by atomic mass is 10.4. The van der Waals surface area contributed by atoms with E-state index in [2.05, 4.69) is 15.0 Å². The maximum Gasteiger partial charge on any atom is 0.325 e. The molecular formula is C10H16N5O6P. The van der Waals surface area contributed by atoms with E-state index in [1.165, 1.54) is 10.9 Å². The summed E-state index contributed by atoms with van der Waals surface area (Å²) in [7, 11) is -4.21. The first-order valence-corrected chi connectivity index (χ1v) is 8.07. The second kappa shape index (κ2) is 6.15. The summed E-state index contributed by atoms with van der Waals surface area (Å²) in [6, 6.07) is 0. The van der Waals surface area contributed by atoms with Crippen LogP contribution in [0, 0.1) is 0 Å². The summed E-state index contributed by atoms with van der Waals surface area (Å²) in [6.07, 6.45) is -1.61. The Morgan fingerprint density at radius 3 is 2.86 bits per heavy atom. The van der Waals surface area contributed by atoms with Crippen LogP contribution in [0.3, 0.4) is 0 Å². The molecule has 2 aromatic heterocycles. The third kappa shape index (κ3) is 3.90. The number of nitrogens with zero attached hydrogens (tertiary/aromatic N) is 3. The summed E-state index contributed by atoms with van der Waals surface area (Å²) in [5, 5.41) is 9.65. The van der Waals surface area contributed by atoms with Gasteiger partial charge in [-0.2, -0.15) is 4.98 Å². The van der Waals surface area contributed by atoms with Gasteiger partial charge in [-0.05, 0) is 6.92 Å². The largest absolute Gasteiger partial charge is 0.369 e. The van der Waals surface area contributed by atoms with Crippen LogP contribution in [0.25, 0.3) is 11.2 Å². The average molecular weight is 333 g/mol. The van der Waals surface area contributed by atoms with Crippen molar-refractivity contribution in [3.63, 3.8) is 0 Å². The summed E-state index contributed by atoms with van der Waals surface area (Å²) in [5.74, 6) is -0.0894. The first kappa shape index (κ1) is 16.6. The lowest BCUT2D eigenvalue weighted by molar-refractivity contribution is -0.153. The van der Waals surface area contributed by atoms with Gasteiger partial charge in [-0.15, -0.1) is 0 Å². The molecule has 2 atom stereocenters. The number of nitrogens with two attached hydrogens (primary N) is 1. The molecule has 6 N–H and O–H groups in total. The van der Waals surface area contributed by atoms with Crippen LogP contribution in [-0.2, 0) is 9.30 Å². The molecule has 0 aliphatic carbocycles. The maximum absolute atomic E-state index is 11.6. The summed E-state index contributed by atoms with van der Waals surface area (Å²) >= 11 is 0. The SMILES string of the molecule is CC(OC(O)CCP(=O)(O)O)n1cnc2c(=O)[nH]c(N)nc21. The minimum atomic E-state index is -4.21. The molecule has 122 valence electrons. The zero-order chi connectivity index (χ0) is 16.5. The average Bonchev–Trinajstić information content (AvgIpc) is 2.79. The number of imidazole rings is 1. The molecule has 0 saturated carbocycles. The number of nitrogens with one attached hydrogen (secondary N) is 1. The van der Waals surface area contributed by atoms with Crippen LogP contribution >= 0.6 is 7.60 Å². The van der Waals surface area contributed by atoms with Crippen LogP contribution in [0.15, 0.2) is 11.1 Å². The van der Waals surface area contributed by atoms with Crippen molar-refractivity contribution in [1.29, 1.82) is 0 Å². The molecule has 11 nitrogen and oxygen atoms in total. The molecule has 0 amide bonds. The van der Waals surface area contributed by atoms with E-state index in [1.54, 1.807) is 6.92 Å². The highest BCUT2D eigenvalue weighted by Gasteiger charge is 2.20. The number of aliphatic hydroxyl groups is 1. The Labute approximate surface area is 123 Å². The van der Waals surface area contributed by atoms with E-state index in [4.69, 9.17) is 20.3 Å². The molecule has 0 saturated heterocycles. The van der Waals surface area contributed by atoms with Crippen molar-refractivity contribution in [2.75, 3.05) is 11.9 Å². The summed E-state index contributed by atoms with van der Waals surface area (Å²) < 4.78 is 17.3. The van der Waals surface area contributed by atoms with Crippen LogP contribution in [0.4, 0.5) is 5.95 Å². The number of hydrogen-bond donors (Lipinski definition) is 5. The van der Waals surface area contributed by atoms with Gasteiger partial charge in [0.1, 0.15) is 6.23 Å². The number of rotatable bonds is 6. The molecule has 0 bridgehead atoms. The third-order valence-electron chi connectivity index (χ3n) is 2.86. The normalized spacial score (nSPS) is 15.1. The molecule has 0 spiro atoms. The number of fused-ring (bicyclic) bond motifs is 1. The summed E-state index contributed by atoms with van der Waals surface area (Å²) in [6.45, 7) is 1.56. The quantitative estimate of drug-likeness (QED) is 0.332. The Morgan fingerprint density at radius 1 is 1.55 bits per heavy atom. The number of anilines is 1. The second-order valence-electron chi connectivity index (χ2n) is 4.64. The van der Waals surface area contributed by atoms with E-state index in [0.29, 0.717) is 0 Å². The fourth-order valence-electron chi connectivity index (χ4n) is 1.85. The van der Waals surface area contributed by atoms with Crippen molar-refractivity contribution in [1.82, 2.24) is 19.5 Å².